The van der Waals surface area contributed by atoms with Gasteiger partial charge in [0.2, 0.25) is 13.3 Å². The van der Waals surface area contributed by atoms with Crippen LogP contribution in [0.3, 0.4) is 0 Å². The SMILES string of the molecule is CC(=O)NC1[C@H](OCCCCCCOP(=O)(O)OCCCOCC(COCCCOP(=O)(O)OCCCCCCO[C@@H]2OC(COC(C)=O)[C@H](C)[C@H](C)C2C)(COCCCOP(=O)(O)OCCCCCCO[C@@H]2OC(COC(C)=O)[C@H](C)[C@H](C)C2C)COP(=O)(O)OCCCOCC(COCCCOP(C)(=O)O)COP(=O)(CCCC#N)C(C)C)OC(COC(C)=O)[C@H](C)[C@@H]1C. The van der Waals surface area contributed by atoms with Crippen molar-refractivity contribution in [1.29, 1.82) is 5.26 Å². The fourth-order valence-corrected chi connectivity index (χ4v) is 19.9. The topological polar surface area (TPSA) is 529 Å². The van der Waals surface area contributed by atoms with E-state index >= 15 is 0 Å². The lowest BCUT2D eigenvalue weighted by Gasteiger charge is -2.44. The summed E-state index contributed by atoms with van der Waals surface area (Å²) in [6, 6.07) is 1.61. The zero-order valence-corrected chi connectivity index (χ0v) is 85.5. The number of carbonyl (C=O) groups excluding carboxylic acids is 4. The summed E-state index contributed by atoms with van der Waals surface area (Å²) in [5.41, 5.74) is -1.86. The van der Waals surface area contributed by atoms with Crippen molar-refractivity contribution in [1.82, 2.24) is 5.32 Å². The number of esters is 3. The number of ether oxygens (including phenoxy) is 14. The van der Waals surface area contributed by atoms with Gasteiger partial charge in [-0.15, -0.1) is 0 Å². The van der Waals surface area contributed by atoms with Crippen molar-refractivity contribution in [3.05, 3.63) is 0 Å². The minimum Gasteiger partial charge on any atom is -0.463 e. The predicted molar refractivity (Wildman–Crippen MR) is 480 cm³/mol. The molecule has 0 aromatic rings. The molecule has 3 heterocycles. The fraction of sp³-hybridized carbons (Fsp3) is 0.940. The summed E-state index contributed by atoms with van der Waals surface area (Å²) >= 11 is 0. The van der Waals surface area contributed by atoms with Gasteiger partial charge in [-0.05, 0) is 113 Å². The number of hydrogen-bond acceptors (Lipinski definition) is 35. The molecule has 0 radical (unpaired) electrons. The van der Waals surface area contributed by atoms with Crippen LogP contribution in [0, 0.1) is 70.0 Å². The molecule has 13 unspecified atom stereocenters. The van der Waals surface area contributed by atoms with Crippen LogP contribution in [0.4, 0.5) is 0 Å². The zero-order chi connectivity index (χ0) is 97.5. The summed E-state index contributed by atoms with van der Waals surface area (Å²) in [5.74, 6) is -1.06. The van der Waals surface area contributed by atoms with E-state index < -0.39 is 101 Å². The van der Waals surface area contributed by atoms with Crippen LogP contribution in [0.2, 0.25) is 0 Å². The quantitative estimate of drug-likeness (QED) is 0.0142. The molecule has 0 aliphatic carbocycles. The van der Waals surface area contributed by atoms with E-state index in [1.54, 1.807) is 13.8 Å². The normalized spacial score (nSPS) is 26.0. The van der Waals surface area contributed by atoms with Crippen LogP contribution in [0.25, 0.3) is 0 Å². The Kier molecular flexibility index (Phi) is 63.0. The van der Waals surface area contributed by atoms with E-state index in [0.717, 1.165) is 19.5 Å². The van der Waals surface area contributed by atoms with Crippen molar-refractivity contribution in [2.75, 3.05) is 185 Å². The van der Waals surface area contributed by atoms with Crippen LogP contribution in [-0.2, 0) is 158 Å². The third kappa shape index (κ3) is 55.5. The number of nitriles is 1. The highest BCUT2D eigenvalue weighted by molar-refractivity contribution is 7.59. The number of nitrogens with one attached hydrogen (secondary N) is 1. The van der Waals surface area contributed by atoms with Gasteiger partial charge in [-0.1, -0.05) is 108 Å². The molecule has 3 rings (SSSR count). The van der Waals surface area contributed by atoms with Gasteiger partial charge < -0.3 is 105 Å². The molecule has 3 aliphatic rings. The second kappa shape index (κ2) is 67.2. The maximum atomic E-state index is 13.9. The van der Waals surface area contributed by atoms with Crippen molar-refractivity contribution in [3.63, 3.8) is 0 Å². The second-order valence-corrected chi connectivity index (χ2v) is 45.5. The molecule has 3 fully saturated rings. The molecule has 131 heavy (non-hydrogen) atoms. The van der Waals surface area contributed by atoms with Crippen molar-refractivity contribution in [2.24, 2.45) is 58.7 Å². The number of rotatable bonds is 79. The van der Waals surface area contributed by atoms with Crippen LogP contribution in [0.15, 0.2) is 0 Å². The summed E-state index contributed by atoms with van der Waals surface area (Å²) in [6.45, 7) is 24.3. The number of phosphoric acid groups is 4. The third-order valence-electron chi connectivity index (χ3n) is 23.1. The van der Waals surface area contributed by atoms with Crippen molar-refractivity contribution < 1.29 is 183 Å². The first-order chi connectivity index (χ1) is 61.9. The van der Waals surface area contributed by atoms with E-state index in [4.69, 9.17) is 117 Å². The molecule has 47 heteroatoms. The minimum absolute atomic E-state index is 0.0129. The molecule has 41 nitrogen and oxygen atoms in total. The summed E-state index contributed by atoms with van der Waals surface area (Å²) < 4.78 is 215. The molecule has 0 aromatic carbocycles. The number of nitrogens with zero attached hydrogens (tertiary/aromatic N) is 1. The predicted octanol–water partition coefficient (Wildman–Crippen LogP) is 14.2. The highest BCUT2D eigenvalue weighted by atomic mass is 31.2. The molecule has 0 aromatic heterocycles. The summed E-state index contributed by atoms with van der Waals surface area (Å²) in [4.78, 5) is 99.4. The van der Waals surface area contributed by atoms with E-state index in [1.165, 1.54) is 27.7 Å². The number of carbonyl (C=O) groups is 4. The zero-order valence-electron chi connectivity index (χ0n) is 80.1. The Bertz CT molecular complexity index is 3380. The summed E-state index contributed by atoms with van der Waals surface area (Å²) in [7, 11) is -25.6. The van der Waals surface area contributed by atoms with Crippen LogP contribution < -0.4 is 5.32 Å². The first-order valence-corrected chi connectivity index (χ1v) is 56.1. The standard InChI is InChI=1S/C84H160N2O39P6/c1-63(2)127(93,52-29-22-35-85)121-55-76(53-102-36-30-47-113-126(15,91)92)54-103-37-31-48-120-131(100,101)122-62-84(59-104-38-32-49-117-128(94,95)114-44-26-19-16-23-41-107-81-70(9)64(3)66(5)77(123-81)56-110-73(12)88,60-105-39-33-50-118-129(96,97)115-45-27-20-17-24-42-108-82-71(10)65(4)67(6)78(124-82)57-111-74(13)89)61-106-40-34-51-119-130(98,99)116-46-28-21-18-25-43-109-83-80(86-72(11)87)69(8)68(7)79(125-83)58-112-75(14)90/h63-71,76-83H,16-34,36-62H2,1-15H3,(H,86,87)(H,91,92)(H,94,95)(H,96,97)(H,98,99)(H,100,101)/t64-,65-,66+,67+,68+,69-,70?,71?,76?,77?,78?,79?,80?,81+,82+,83+,84?,127?/m0/s1. The Morgan fingerprint density at radius 3 is 1.02 bits per heavy atom. The van der Waals surface area contributed by atoms with Gasteiger partial charge >= 0.3 is 56.8 Å². The largest absolute Gasteiger partial charge is 0.472 e. The first-order valence-electron chi connectivity index (χ1n) is 46.3. The molecule has 0 bridgehead atoms. The van der Waals surface area contributed by atoms with E-state index in [1.807, 2.05) is 13.8 Å². The monoisotopic (exact) mass is 2010 g/mol. The van der Waals surface area contributed by atoms with Gasteiger partial charge in [-0.25, -0.2) is 18.3 Å². The van der Waals surface area contributed by atoms with E-state index in [9.17, 15) is 71.0 Å². The van der Waals surface area contributed by atoms with E-state index in [0.29, 0.717) is 83.8 Å². The van der Waals surface area contributed by atoms with Gasteiger partial charge in [-0.2, -0.15) is 5.26 Å². The molecule has 3 aliphatic heterocycles. The molecular formula is C84H160N2O39P6. The lowest BCUT2D eigenvalue weighted by atomic mass is 9.79. The Morgan fingerprint density at radius 1 is 0.366 bits per heavy atom. The van der Waals surface area contributed by atoms with Crippen molar-refractivity contribution in [3.8, 4) is 6.07 Å². The first kappa shape index (κ1) is 123. The minimum atomic E-state index is -4.97. The average Bonchev–Trinajstić information content (AvgIpc) is 0.818. The van der Waals surface area contributed by atoms with Gasteiger partial charge in [0.05, 0.1) is 135 Å². The van der Waals surface area contributed by atoms with Crippen LogP contribution in [-0.4, -0.2) is 282 Å². The Balaban J connectivity index is 1.73. The molecule has 22 atom stereocenters. The van der Waals surface area contributed by atoms with Gasteiger partial charge in [0.15, 0.2) is 18.9 Å². The molecular weight excluding hydrogens is 1850 g/mol. The molecule has 770 valence electrons. The maximum absolute atomic E-state index is 13.9. The van der Waals surface area contributed by atoms with E-state index in [2.05, 4.69) is 52.9 Å². The highest BCUT2D eigenvalue weighted by Gasteiger charge is 2.45. The highest BCUT2D eigenvalue weighted by Crippen LogP contribution is 2.53. The number of hydrogen-bond donors (Lipinski definition) is 6. The fourth-order valence-electron chi connectivity index (χ4n) is 14.2. The maximum Gasteiger partial charge on any atom is 0.472 e. The summed E-state index contributed by atoms with van der Waals surface area (Å²) in [5, 5.41) is 12.1. The summed E-state index contributed by atoms with van der Waals surface area (Å²) in [6.07, 6.45) is 5.55. The third-order valence-corrected chi connectivity index (χ3v) is 30.8. The van der Waals surface area contributed by atoms with Crippen molar-refractivity contribution >= 4 is 70.1 Å². The average molecular weight is 2010 g/mol. The lowest BCUT2D eigenvalue weighted by molar-refractivity contribution is -0.255. The Labute approximate surface area is 776 Å². The molecule has 3 saturated heterocycles. The second-order valence-electron chi connectivity index (χ2n) is 34.6. The Hall–Kier alpha value is -2.29. The van der Waals surface area contributed by atoms with Gasteiger partial charge in [0, 0.05) is 123 Å². The van der Waals surface area contributed by atoms with Gasteiger partial charge in [0.25, 0.3) is 0 Å². The van der Waals surface area contributed by atoms with Crippen LogP contribution in [0.1, 0.15) is 219 Å². The van der Waals surface area contributed by atoms with Gasteiger partial charge in [0.1, 0.15) is 19.8 Å². The number of phosphoric ester groups is 4. The van der Waals surface area contributed by atoms with Crippen LogP contribution in [0.5, 0.6) is 0 Å². The number of amides is 1. The van der Waals surface area contributed by atoms with Crippen molar-refractivity contribution in [2.45, 2.75) is 268 Å². The number of unbranched alkanes of at least 4 members (excludes halogenated alkanes) is 10. The smallest absolute Gasteiger partial charge is 0.463 e. The molecule has 6 N–H and O–H groups in total. The Morgan fingerprint density at radius 2 is 0.679 bits per heavy atom. The lowest BCUT2D eigenvalue weighted by Crippen LogP contribution is -2.58. The molecule has 1 amide bonds. The molecule has 0 spiro atoms. The van der Waals surface area contributed by atoms with E-state index in [-0.39, 0.29) is 280 Å². The van der Waals surface area contributed by atoms with Crippen LogP contribution >= 0.6 is 46.3 Å². The molecule has 0 saturated carbocycles. The van der Waals surface area contributed by atoms with Gasteiger partial charge in [-0.3, -0.25) is 64.5 Å².